The fourth-order valence-corrected chi connectivity index (χ4v) is 4.18. The molecule has 6 nitrogen and oxygen atoms in total. The number of benzene rings is 1. The van der Waals surface area contributed by atoms with E-state index in [2.05, 4.69) is 0 Å². The largest absolute Gasteiger partial charge is 0.507 e. The number of hydrogen-bond donors (Lipinski definition) is 1. The second kappa shape index (κ2) is 8.58. The number of ketones is 1. The number of carbonyl (C=O) groups is 2. The van der Waals surface area contributed by atoms with Gasteiger partial charge in [0.15, 0.2) is 0 Å². The van der Waals surface area contributed by atoms with E-state index in [0.29, 0.717) is 17.9 Å². The van der Waals surface area contributed by atoms with Gasteiger partial charge in [0.2, 0.25) is 0 Å². The van der Waals surface area contributed by atoms with Crippen LogP contribution in [0.15, 0.2) is 47.4 Å². The summed E-state index contributed by atoms with van der Waals surface area (Å²) >= 11 is 1.47. The molecule has 1 amide bonds. The first-order chi connectivity index (χ1) is 13.4. The minimum absolute atomic E-state index is 0.130. The molecule has 1 fully saturated rings. The fourth-order valence-electron chi connectivity index (χ4n) is 3.34. The summed E-state index contributed by atoms with van der Waals surface area (Å²) < 4.78 is 5.21. The minimum Gasteiger partial charge on any atom is -0.507 e. The minimum atomic E-state index is -0.649. The van der Waals surface area contributed by atoms with Gasteiger partial charge < -0.3 is 19.6 Å². The highest BCUT2D eigenvalue weighted by Crippen LogP contribution is 2.41. The van der Waals surface area contributed by atoms with Crippen LogP contribution in [0.5, 0.6) is 5.75 Å². The number of likely N-dealkylation sites (tertiary alicyclic amines) is 1. The molecule has 1 saturated heterocycles. The van der Waals surface area contributed by atoms with Gasteiger partial charge in [0.25, 0.3) is 11.7 Å². The van der Waals surface area contributed by atoms with Crippen molar-refractivity contribution < 1.29 is 19.4 Å². The van der Waals surface area contributed by atoms with Crippen LogP contribution in [-0.4, -0.2) is 60.9 Å². The second-order valence-electron chi connectivity index (χ2n) is 6.90. The molecule has 1 aromatic heterocycles. The van der Waals surface area contributed by atoms with Crippen molar-refractivity contribution in [3.63, 3.8) is 0 Å². The number of carbonyl (C=O) groups excluding carboxylic acids is 2. The van der Waals surface area contributed by atoms with Crippen LogP contribution in [0.25, 0.3) is 5.76 Å². The zero-order valence-corrected chi connectivity index (χ0v) is 17.0. The van der Waals surface area contributed by atoms with E-state index in [1.54, 1.807) is 29.2 Å². The van der Waals surface area contributed by atoms with Gasteiger partial charge in [-0.1, -0.05) is 18.2 Å². The van der Waals surface area contributed by atoms with E-state index in [1.165, 1.54) is 18.4 Å². The Morgan fingerprint density at radius 2 is 2.04 bits per heavy atom. The topological polar surface area (TPSA) is 70.1 Å². The number of ether oxygens (including phenoxy) is 1. The summed E-state index contributed by atoms with van der Waals surface area (Å²) in [5.41, 5.74) is 0.581. The van der Waals surface area contributed by atoms with Gasteiger partial charge in [-0.3, -0.25) is 9.59 Å². The Morgan fingerprint density at radius 3 is 2.68 bits per heavy atom. The molecule has 1 aliphatic rings. The Bertz CT molecular complexity index is 890. The average Bonchev–Trinajstić information content (AvgIpc) is 3.29. The molecule has 0 aliphatic carbocycles. The zero-order valence-electron chi connectivity index (χ0n) is 16.2. The number of thiophene rings is 1. The standard InChI is InChI=1S/C21H24N2O4S/c1-22(2)10-6-11-23-18(16-9-5-12-28-16)17(20(25)21(23)26)19(24)14-7-4-8-15(13-14)27-3/h4-5,7-9,12-13,18,24H,6,10-11H2,1-3H3. The molecule has 0 spiro atoms. The van der Waals surface area contributed by atoms with Gasteiger partial charge in [-0.25, -0.2) is 0 Å². The highest BCUT2D eigenvalue weighted by molar-refractivity contribution is 7.10. The third kappa shape index (κ3) is 3.95. The lowest BCUT2D eigenvalue weighted by Gasteiger charge is -2.24. The van der Waals surface area contributed by atoms with Crippen LogP contribution in [0.2, 0.25) is 0 Å². The van der Waals surface area contributed by atoms with Crippen molar-refractivity contribution in [1.82, 2.24) is 9.80 Å². The van der Waals surface area contributed by atoms with Crippen LogP contribution in [0.1, 0.15) is 22.9 Å². The van der Waals surface area contributed by atoms with Gasteiger partial charge in [-0.05, 0) is 50.6 Å². The Hall–Kier alpha value is -2.64. The summed E-state index contributed by atoms with van der Waals surface area (Å²) in [5.74, 6) is -0.826. The van der Waals surface area contributed by atoms with Crippen molar-refractivity contribution in [1.29, 1.82) is 0 Å². The van der Waals surface area contributed by atoms with Crippen LogP contribution in [-0.2, 0) is 9.59 Å². The molecule has 1 aromatic carbocycles. The lowest BCUT2D eigenvalue weighted by molar-refractivity contribution is -0.139. The zero-order chi connectivity index (χ0) is 20.3. The van der Waals surface area contributed by atoms with Gasteiger partial charge in [0, 0.05) is 17.0 Å². The molecule has 1 N–H and O–H groups in total. The highest BCUT2D eigenvalue weighted by atomic mass is 32.1. The van der Waals surface area contributed by atoms with Gasteiger partial charge >= 0.3 is 0 Å². The van der Waals surface area contributed by atoms with E-state index < -0.39 is 17.7 Å². The van der Waals surface area contributed by atoms with Crippen LogP contribution in [0, 0.1) is 0 Å². The summed E-state index contributed by atoms with van der Waals surface area (Å²) in [7, 11) is 5.47. The number of amides is 1. The lowest BCUT2D eigenvalue weighted by Crippen LogP contribution is -2.32. The summed E-state index contributed by atoms with van der Waals surface area (Å²) in [6, 6.07) is 10.0. The summed E-state index contributed by atoms with van der Waals surface area (Å²) in [4.78, 5) is 30.1. The first-order valence-electron chi connectivity index (χ1n) is 9.05. The SMILES string of the molecule is COc1cccc(C(O)=C2C(=O)C(=O)N(CCCN(C)C)C2c2cccs2)c1. The molecule has 7 heteroatoms. The molecule has 28 heavy (non-hydrogen) atoms. The molecule has 2 heterocycles. The maximum Gasteiger partial charge on any atom is 0.295 e. The number of aliphatic hydroxyl groups is 1. The number of Topliss-reactive ketones (excluding diaryl/α,β-unsaturated/α-hetero) is 1. The van der Waals surface area contributed by atoms with Crippen molar-refractivity contribution in [3.05, 3.63) is 57.8 Å². The summed E-state index contributed by atoms with van der Waals surface area (Å²) in [6.07, 6.45) is 0.737. The van der Waals surface area contributed by atoms with Crippen LogP contribution < -0.4 is 4.74 Å². The molecular formula is C21H24N2O4S. The van der Waals surface area contributed by atoms with E-state index in [4.69, 9.17) is 4.74 Å². The van der Waals surface area contributed by atoms with Crippen molar-refractivity contribution in [2.24, 2.45) is 0 Å². The maximum absolute atomic E-state index is 12.8. The molecule has 1 atom stereocenters. The Labute approximate surface area is 168 Å². The number of aliphatic hydroxyl groups excluding tert-OH is 1. The molecule has 3 rings (SSSR count). The molecular weight excluding hydrogens is 376 g/mol. The summed E-state index contributed by atoms with van der Waals surface area (Å²) in [6.45, 7) is 1.25. The van der Waals surface area contributed by atoms with E-state index in [-0.39, 0.29) is 11.3 Å². The normalized spacial score (nSPS) is 18.9. The predicted molar refractivity (Wildman–Crippen MR) is 109 cm³/mol. The smallest absolute Gasteiger partial charge is 0.295 e. The third-order valence-corrected chi connectivity index (χ3v) is 5.62. The lowest BCUT2D eigenvalue weighted by atomic mass is 9.99. The maximum atomic E-state index is 12.8. The first-order valence-corrected chi connectivity index (χ1v) is 9.93. The second-order valence-corrected chi connectivity index (χ2v) is 7.88. The van der Waals surface area contributed by atoms with Gasteiger partial charge in [-0.2, -0.15) is 0 Å². The fraction of sp³-hybridized carbons (Fsp3) is 0.333. The van der Waals surface area contributed by atoms with E-state index in [0.717, 1.165) is 17.8 Å². The highest BCUT2D eigenvalue weighted by Gasteiger charge is 2.46. The van der Waals surface area contributed by atoms with Crippen molar-refractivity contribution in [3.8, 4) is 5.75 Å². The number of rotatable bonds is 7. The molecule has 0 bridgehead atoms. The third-order valence-electron chi connectivity index (χ3n) is 4.70. The van der Waals surface area contributed by atoms with Crippen LogP contribution in [0.3, 0.4) is 0 Å². The monoisotopic (exact) mass is 400 g/mol. The van der Waals surface area contributed by atoms with E-state index in [9.17, 15) is 14.7 Å². The number of nitrogens with zero attached hydrogens (tertiary/aromatic N) is 2. The molecule has 2 aromatic rings. The molecule has 148 valence electrons. The van der Waals surface area contributed by atoms with Gasteiger partial charge in [0.1, 0.15) is 11.5 Å². The van der Waals surface area contributed by atoms with Crippen molar-refractivity contribution >= 4 is 28.8 Å². The van der Waals surface area contributed by atoms with E-state index >= 15 is 0 Å². The molecule has 1 aliphatic heterocycles. The Morgan fingerprint density at radius 1 is 1.25 bits per heavy atom. The predicted octanol–water partition coefficient (Wildman–Crippen LogP) is 3.13. The van der Waals surface area contributed by atoms with E-state index in [1.807, 2.05) is 36.5 Å². The van der Waals surface area contributed by atoms with Crippen LogP contribution >= 0.6 is 11.3 Å². The van der Waals surface area contributed by atoms with Crippen molar-refractivity contribution in [2.75, 3.05) is 34.3 Å². The number of methoxy groups -OCH3 is 1. The molecule has 0 saturated carbocycles. The average molecular weight is 400 g/mol. The number of hydrogen-bond acceptors (Lipinski definition) is 6. The first kappa shape index (κ1) is 20.1. The molecule has 1 unspecified atom stereocenters. The summed E-state index contributed by atoms with van der Waals surface area (Å²) in [5, 5.41) is 12.9. The molecule has 0 radical (unpaired) electrons. The van der Waals surface area contributed by atoms with Gasteiger partial charge in [0.05, 0.1) is 18.7 Å². The quantitative estimate of drug-likeness (QED) is 0.439. The Balaban J connectivity index is 2.04. The Kier molecular flexibility index (Phi) is 6.16. The van der Waals surface area contributed by atoms with Crippen LogP contribution in [0.4, 0.5) is 0 Å². The van der Waals surface area contributed by atoms with Gasteiger partial charge in [-0.15, -0.1) is 11.3 Å². The van der Waals surface area contributed by atoms with Crippen molar-refractivity contribution in [2.45, 2.75) is 12.5 Å².